The first-order valence-electron chi connectivity index (χ1n) is 7.82. The number of rotatable bonds is 6. The maximum Gasteiger partial charge on any atom is 0.339 e. The molecule has 1 heterocycles. The van der Waals surface area contributed by atoms with E-state index in [1.54, 1.807) is 24.3 Å². The highest BCUT2D eigenvalue weighted by Crippen LogP contribution is 2.46. The standard InChI is InChI=1S/C18H13Cl2NO6S2/c1-27-15-5-2-9(19)6-12(15)13-8-16(28-17(13)20)21(29(25)26)10-3-4-11(18(23)24)14(22)7-10/h2-8,22H,1H3,(H,23,24)(H,25,26)/p-1. The number of thiophene rings is 1. The van der Waals surface area contributed by atoms with E-state index in [4.69, 9.17) is 33.0 Å². The van der Waals surface area contributed by atoms with Crippen LogP contribution in [0.5, 0.6) is 11.5 Å². The topological polar surface area (TPSA) is 110 Å². The van der Waals surface area contributed by atoms with Gasteiger partial charge in [-0.3, -0.25) is 8.51 Å². The molecule has 0 saturated heterocycles. The number of carbonyl (C=O) groups is 1. The van der Waals surface area contributed by atoms with Crippen molar-refractivity contribution in [2.45, 2.75) is 0 Å². The minimum Gasteiger partial charge on any atom is -0.755 e. The lowest BCUT2D eigenvalue weighted by Crippen LogP contribution is -2.18. The summed E-state index contributed by atoms with van der Waals surface area (Å²) in [5, 5.41) is 19.6. The van der Waals surface area contributed by atoms with Gasteiger partial charge in [-0.15, -0.1) is 11.3 Å². The van der Waals surface area contributed by atoms with Crippen LogP contribution in [0.4, 0.5) is 10.7 Å². The molecule has 0 bridgehead atoms. The Morgan fingerprint density at radius 2 is 1.90 bits per heavy atom. The normalized spacial score (nSPS) is 11.9. The molecule has 0 fully saturated rings. The maximum absolute atomic E-state index is 11.9. The number of nitrogens with zero attached hydrogens (tertiary/aromatic N) is 1. The van der Waals surface area contributed by atoms with Gasteiger partial charge in [-0.25, -0.2) is 4.79 Å². The monoisotopic (exact) mass is 472 g/mol. The number of ether oxygens (including phenoxy) is 1. The molecule has 7 nitrogen and oxygen atoms in total. The van der Waals surface area contributed by atoms with Gasteiger partial charge < -0.3 is 19.5 Å². The van der Waals surface area contributed by atoms with Crippen LogP contribution in [0.15, 0.2) is 42.5 Å². The third-order valence-electron chi connectivity index (χ3n) is 3.92. The lowest BCUT2D eigenvalue weighted by atomic mass is 10.1. The van der Waals surface area contributed by atoms with Gasteiger partial charge in [0.25, 0.3) is 0 Å². The predicted molar refractivity (Wildman–Crippen MR) is 112 cm³/mol. The molecule has 0 amide bonds. The Kier molecular flexibility index (Phi) is 6.35. The zero-order valence-electron chi connectivity index (χ0n) is 14.6. The van der Waals surface area contributed by atoms with Crippen LogP contribution in [0.2, 0.25) is 9.36 Å². The van der Waals surface area contributed by atoms with E-state index in [9.17, 15) is 18.7 Å². The van der Waals surface area contributed by atoms with Gasteiger partial charge >= 0.3 is 5.97 Å². The minimum absolute atomic E-state index is 0.0448. The van der Waals surface area contributed by atoms with Crippen molar-refractivity contribution in [3.63, 3.8) is 0 Å². The van der Waals surface area contributed by atoms with Crippen LogP contribution in [-0.4, -0.2) is 32.1 Å². The number of carboxylic acids is 1. The van der Waals surface area contributed by atoms with Gasteiger partial charge in [0.1, 0.15) is 26.4 Å². The van der Waals surface area contributed by atoms with Gasteiger partial charge in [-0.05, 0) is 36.4 Å². The molecule has 2 N–H and O–H groups in total. The lowest BCUT2D eigenvalue weighted by Gasteiger charge is -2.25. The summed E-state index contributed by atoms with van der Waals surface area (Å²) in [6.07, 6.45) is 0. The zero-order chi connectivity index (χ0) is 21.3. The first-order chi connectivity index (χ1) is 13.7. The molecule has 152 valence electrons. The van der Waals surface area contributed by atoms with Crippen LogP contribution in [0.25, 0.3) is 11.1 Å². The highest BCUT2D eigenvalue weighted by atomic mass is 35.5. The first-order valence-corrected chi connectivity index (χ1v) is 10.4. The molecule has 0 spiro atoms. The van der Waals surface area contributed by atoms with Crippen molar-refractivity contribution in [3.05, 3.63) is 57.4 Å². The van der Waals surface area contributed by atoms with Gasteiger partial charge in [0.15, 0.2) is 0 Å². The molecule has 0 saturated carbocycles. The second kappa shape index (κ2) is 8.60. The fraction of sp³-hybridized carbons (Fsp3) is 0.0556. The third-order valence-corrected chi connectivity index (χ3v) is 6.32. The highest BCUT2D eigenvalue weighted by Gasteiger charge is 2.21. The number of hydrogen-bond acceptors (Lipinski definition) is 6. The SMILES string of the molecule is COc1ccc(Cl)cc1-c1cc(N(c2ccc(C(=O)O)c(O)c2)S(=O)[O-])sc1Cl. The molecular formula is C18H12Cl2NO6S2-. The third kappa shape index (κ3) is 4.34. The van der Waals surface area contributed by atoms with Crippen LogP contribution in [-0.2, 0) is 11.3 Å². The summed E-state index contributed by atoms with van der Waals surface area (Å²) >= 11 is 10.6. The van der Waals surface area contributed by atoms with Gasteiger partial charge in [0.05, 0.1) is 24.1 Å². The average Bonchev–Trinajstić information content (AvgIpc) is 3.02. The van der Waals surface area contributed by atoms with E-state index in [1.165, 1.54) is 13.2 Å². The second-order valence-corrected chi connectivity index (χ2v) is 8.50. The van der Waals surface area contributed by atoms with Crippen molar-refractivity contribution in [2.24, 2.45) is 0 Å². The Morgan fingerprint density at radius 1 is 1.17 bits per heavy atom. The van der Waals surface area contributed by atoms with E-state index in [0.29, 0.717) is 26.2 Å². The summed E-state index contributed by atoms with van der Waals surface area (Å²) in [6.45, 7) is 0. The van der Waals surface area contributed by atoms with Crippen molar-refractivity contribution < 1.29 is 28.5 Å². The van der Waals surface area contributed by atoms with Crippen LogP contribution in [0.1, 0.15) is 10.4 Å². The summed E-state index contributed by atoms with van der Waals surface area (Å²) in [4.78, 5) is 11.1. The van der Waals surface area contributed by atoms with E-state index in [0.717, 1.165) is 27.8 Å². The van der Waals surface area contributed by atoms with Crippen molar-refractivity contribution >= 4 is 62.5 Å². The first kappa shape index (κ1) is 21.4. The Morgan fingerprint density at radius 3 is 2.48 bits per heavy atom. The molecule has 29 heavy (non-hydrogen) atoms. The molecule has 1 atom stereocenters. The fourth-order valence-electron chi connectivity index (χ4n) is 2.64. The Hall–Kier alpha value is -2.30. The van der Waals surface area contributed by atoms with Gasteiger partial charge in [-0.2, -0.15) is 0 Å². The maximum atomic E-state index is 11.9. The zero-order valence-corrected chi connectivity index (χ0v) is 17.7. The Labute approximate surface area is 182 Å². The Balaban J connectivity index is 2.11. The molecule has 0 aliphatic heterocycles. The van der Waals surface area contributed by atoms with Crippen LogP contribution in [0, 0.1) is 0 Å². The number of anilines is 2. The molecule has 2 aromatic carbocycles. The van der Waals surface area contributed by atoms with Gasteiger partial charge in [-0.1, -0.05) is 23.2 Å². The number of phenols is 1. The number of halogens is 2. The van der Waals surface area contributed by atoms with Crippen molar-refractivity contribution in [1.29, 1.82) is 0 Å². The summed E-state index contributed by atoms with van der Waals surface area (Å²) < 4.78 is 30.3. The molecule has 3 rings (SSSR count). The van der Waals surface area contributed by atoms with Gasteiger partial charge in [0.2, 0.25) is 0 Å². The quantitative estimate of drug-likeness (QED) is 0.484. The molecule has 0 radical (unpaired) electrons. The van der Waals surface area contributed by atoms with E-state index < -0.39 is 23.0 Å². The minimum atomic E-state index is -2.77. The predicted octanol–water partition coefficient (Wildman–Crippen LogP) is 5.07. The van der Waals surface area contributed by atoms with E-state index in [-0.39, 0.29) is 16.3 Å². The largest absolute Gasteiger partial charge is 0.755 e. The fourth-order valence-corrected chi connectivity index (χ4v) is 4.82. The number of aromatic carboxylic acids is 1. The smallest absolute Gasteiger partial charge is 0.339 e. The van der Waals surface area contributed by atoms with E-state index in [1.807, 2.05) is 0 Å². The number of aromatic hydroxyl groups is 1. The van der Waals surface area contributed by atoms with Crippen molar-refractivity contribution in [1.82, 2.24) is 0 Å². The summed E-state index contributed by atoms with van der Waals surface area (Å²) in [5.74, 6) is -1.40. The molecule has 1 aromatic heterocycles. The van der Waals surface area contributed by atoms with Gasteiger partial charge in [0, 0.05) is 22.2 Å². The lowest BCUT2D eigenvalue weighted by molar-refractivity contribution is 0.0694. The summed E-state index contributed by atoms with van der Waals surface area (Å²) in [7, 11) is 1.49. The summed E-state index contributed by atoms with van der Waals surface area (Å²) in [5.41, 5.74) is 0.781. The van der Waals surface area contributed by atoms with Crippen molar-refractivity contribution in [3.8, 4) is 22.6 Å². The second-order valence-electron chi connectivity index (χ2n) is 5.63. The molecule has 3 aromatic rings. The molecular weight excluding hydrogens is 461 g/mol. The highest BCUT2D eigenvalue weighted by molar-refractivity contribution is 7.81. The molecule has 0 aliphatic carbocycles. The van der Waals surface area contributed by atoms with Crippen LogP contribution >= 0.6 is 34.5 Å². The summed E-state index contributed by atoms with van der Waals surface area (Å²) in [6, 6.07) is 9.93. The molecule has 0 aliphatic rings. The molecule has 1 unspecified atom stereocenters. The Bertz CT molecular complexity index is 1120. The van der Waals surface area contributed by atoms with Crippen LogP contribution in [0.3, 0.4) is 0 Å². The van der Waals surface area contributed by atoms with Crippen molar-refractivity contribution in [2.75, 3.05) is 11.4 Å². The number of carboxylic acid groups (broad SMARTS) is 1. The number of benzene rings is 2. The van der Waals surface area contributed by atoms with E-state index >= 15 is 0 Å². The molecule has 11 heteroatoms. The number of methoxy groups -OCH3 is 1. The average molecular weight is 473 g/mol. The van der Waals surface area contributed by atoms with Crippen LogP contribution < -0.4 is 9.04 Å². The van der Waals surface area contributed by atoms with E-state index in [2.05, 4.69) is 0 Å². The number of hydrogen-bond donors (Lipinski definition) is 2.